The molecule has 0 aliphatic heterocycles. The van der Waals surface area contributed by atoms with Crippen molar-refractivity contribution in [3.8, 4) is 22.9 Å². The summed E-state index contributed by atoms with van der Waals surface area (Å²) in [6.07, 6.45) is 2.49. The van der Waals surface area contributed by atoms with Crippen LogP contribution in [0.1, 0.15) is 31.3 Å². The Kier molecular flexibility index (Phi) is 7.87. The van der Waals surface area contributed by atoms with Gasteiger partial charge >= 0.3 is 0 Å². The minimum Gasteiger partial charge on any atom is -0.501 e. The van der Waals surface area contributed by atoms with Gasteiger partial charge in [0.15, 0.2) is 14.0 Å². The van der Waals surface area contributed by atoms with Crippen LogP contribution in [0.2, 0.25) is 18.1 Å². The summed E-state index contributed by atoms with van der Waals surface area (Å²) in [5.41, 5.74) is -0.494. The molecular formula is C23H29BrN4O6Si. The number of ether oxygens (including phenoxy) is 1. The first-order chi connectivity index (χ1) is 16.3. The third kappa shape index (κ3) is 5.82. The molecule has 0 saturated carbocycles. The van der Waals surface area contributed by atoms with Crippen molar-refractivity contribution in [3.05, 3.63) is 51.2 Å². The van der Waals surface area contributed by atoms with Crippen LogP contribution in [0.5, 0.6) is 11.5 Å². The van der Waals surface area contributed by atoms with Crippen molar-refractivity contribution in [2.45, 2.75) is 38.9 Å². The summed E-state index contributed by atoms with van der Waals surface area (Å²) in [4.78, 5) is 29.8. The van der Waals surface area contributed by atoms with Crippen molar-refractivity contribution in [2.75, 3.05) is 18.5 Å². The third-order valence-electron chi connectivity index (χ3n) is 5.98. The minimum atomic E-state index is -1.94. The fourth-order valence-electron chi connectivity index (χ4n) is 2.93. The van der Waals surface area contributed by atoms with Crippen LogP contribution in [0.3, 0.4) is 0 Å². The van der Waals surface area contributed by atoms with Gasteiger partial charge in [-0.2, -0.15) is 0 Å². The van der Waals surface area contributed by atoms with Gasteiger partial charge in [-0.15, -0.1) is 0 Å². The quantitative estimate of drug-likeness (QED) is 0.301. The average Bonchev–Trinajstić information content (AvgIpc) is 3.28. The van der Waals surface area contributed by atoms with E-state index in [1.807, 2.05) is 0 Å². The van der Waals surface area contributed by atoms with Gasteiger partial charge in [0.05, 0.1) is 22.8 Å². The van der Waals surface area contributed by atoms with E-state index in [4.69, 9.17) is 9.16 Å². The number of nitrogens with one attached hydrogen (secondary N) is 1. The van der Waals surface area contributed by atoms with Gasteiger partial charge in [0.2, 0.25) is 5.75 Å². The first kappa shape index (κ1) is 26.6. The number of anilines is 1. The maximum absolute atomic E-state index is 12.7. The second-order valence-electron chi connectivity index (χ2n) is 9.44. The molecule has 1 amide bonds. The molecular weight excluding hydrogens is 536 g/mol. The highest BCUT2D eigenvalue weighted by Crippen LogP contribution is 2.37. The summed E-state index contributed by atoms with van der Waals surface area (Å²) in [6.45, 7) is 11.5. The van der Waals surface area contributed by atoms with Gasteiger partial charge in [0.1, 0.15) is 30.1 Å². The highest BCUT2D eigenvalue weighted by Gasteiger charge is 2.37. The van der Waals surface area contributed by atoms with E-state index in [1.54, 1.807) is 18.2 Å². The van der Waals surface area contributed by atoms with E-state index in [0.29, 0.717) is 22.4 Å². The van der Waals surface area contributed by atoms with Crippen LogP contribution in [0, 0.1) is 0 Å². The molecule has 0 fully saturated rings. The summed E-state index contributed by atoms with van der Waals surface area (Å²) in [5, 5.41) is 16.4. The van der Waals surface area contributed by atoms with E-state index in [2.05, 4.69) is 69.8 Å². The highest BCUT2D eigenvalue weighted by atomic mass is 79.9. The van der Waals surface area contributed by atoms with E-state index in [1.165, 1.54) is 19.5 Å². The average molecular weight is 565 g/mol. The maximum atomic E-state index is 12.7. The molecule has 0 unspecified atom stereocenters. The van der Waals surface area contributed by atoms with Crippen molar-refractivity contribution < 1.29 is 23.6 Å². The van der Waals surface area contributed by atoms with E-state index >= 15 is 0 Å². The molecule has 0 aliphatic rings. The largest absolute Gasteiger partial charge is 0.501 e. The van der Waals surface area contributed by atoms with E-state index in [9.17, 15) is 14.7 Å². The normalized spacial score (nSPS) is 12.0. The molecule has 0 saturated heterocycles. The number of hydrogen-bond acceptors (Lipinski definition) is 8. The summed E-state index contributed by atoms with van der Waals surface area (Å²) >= 11 is 3.49. The second kappa shape index (κ2) is 10.3. The lowest BCUT2D eigenvalue weighted by Gasteiger charge is -2.36. The number of aromatic hydroxyl groups is 1. The Bertz CT molecular complexity index is 1270. The number of para-hydroxylation sites is 1. The number of carbonyl (C=O) groups is 1. The molecule has 0 spiro atoms. The van der Waals surface area contributed by atoms with Crippen molar-refractivity contribution in [1.82, 2.24) is 14.7 Å². The van der Waals surface area contributed by atoms with Gasteiger partial charge < -0.3 is 24.1 Å². The van der Waals surface area contributed by atoms with Crippen molar-refractivity contribution in [2.24, 2.45) is 7.05 Å². The molecule has 1 aromatic carbocycles. The standard InChI is InChI=1S/C23H29BrN4O6Si/c1-23(2,3)35(5,6)34-11-10-32-19-15(8-7-9-16(19)24)20-27-17(18(29)22(31)28(20)4)21(30)26-14-12-25-33-13-14/h7-9,12-13,29H,10-11H2,1-6H3,(H,26,30). The lowest BCUT2D eigenvalue weighted by Crippen LogP contribution is -2.41. The van der Waals surface area contributed by atoms with Gasteiger partial charge in [-0.3, -0.25) is 14.2 Å². The highest BCUT2D eigenvalue weighted by molar-refractivity contribution is 9.10. The molecule has 35 heavy (non-hydrogen) atoms. The topological polar surface area (TPSA) is 129 Å². The van der Waals surface area contributed by atoms with Gasteiger partial charge in [0, 0.05) is 7.05 Å². The Balaban J connectivity index is 1.92. The molecule has 3 rings (SSSR count). The molecule has 2 aromatic heterocycles. The number of halogens is 1. The summed E-state index contributed by atoms with van der Waals surface area (Å²) in [5.74, 6) is -0.981. The summed E-state index contributed by atoms with van der Waals surface area (Å²) < 4.78 is 18.7. The molecule has 12 heteroatoms. The third-order valence-corrected chi connectivity index (χ3v) is 11.1. The number of hydrogen-bond donors (Lipinski definition) is 2. The van der Waals surface area contributed by atoms with Gasteiger partial charge in [-0.05, 0) is 46.2 Å². The minimum absolute atomic E-state index is 0.0726. The molecule has 3 aromatic rings. The molecule has 0 radical (unpaired) electrons. The van der Waals surface area contributed by atoms with Crippen LogP contribution in [0.15, 0.2) is 44.4 Å². The zero-order valence-corrected chi connectivity index (χ0v) is 23.1. The molecule has 2 heterocycles. The SMILES string of the molecule is Cn1c(-c2cccc(Br)c2OCCO[Si](C)(C)C(C)(C)C)nc(C(=O)Nc2cnoc2)c(O)c1=O. The van der Waals surface area contributed by atoms with Crippen molar-refractivity contribution in [3.63, 3.8) is 0 Å². The summed E-state index contributed by atoms with van der Waals surface area (Å²) in [7, 11) is -0.481. The zero-order valence-electron chi connectivity index (χ0n) is 20.5. The molecule has 0 atom stereocenters. The van der Waals surface area contributed by atoms with Crippen molar-refractivity contribution >= 4 is 35.8 Å². The van der Waals surface area contributed by atoms with Crippen LogP contribution < -0.4 is 15.6 Å². The molecule has 2 N–H and O–H groups in total. The number of carbonyl (C=O) groups excluding carboxylic acids is 1. The van der Waals surface area contributed by atoms with E-state index in [0.717, 1.165) is 4.57 Å². The smallest absolute Gasteiger partial charge is 0.296 e. The lowest BCUT2D eigenvalue weighted by atomic mass is 10.1. The number of amides is 1. The molecule has 0 aliphatic carbocycles. The fraction of sp³-hybridized carbons (Fsp3) is 0.391. The Hall–Kier alpha value is -2.96. The molecule has 10 nitrogen and oxygen atoms in total. The first-order valence-electron chi connectivity index (χ1n) is 10.9. The first-order valence-corrected chi connectivity index (χ1v) is 14.6. The summed E-state index contributed by atoms with van der Waals surface area (Å²) in [6, 6.07) is 5.27. The van der Waals surface area contributed by atoms with Gasteiger partial charge in [0.25, 0.3) is 11.5 Å². The van der Waals surface area contributed by atoms with Crippen LogP contribution in [0.4, 0.5) is 5.69 Å². The zero-order chi connectivity index (χ0) is 26.0. The van der Waals surface area contributed by atoms with Crippen LogP contribution in [0.25, 0.3) is 11.4 Å². The fourth-order valence-corrected chi connectivity index (χ4v) is 4.44. The maximum Gasteiger partial charge on any atom is 0.296 e. The Labute approximate surface area is 212 Å². The van der Waals surface area contributed by atoms with Gasteiger partial charge in [-0.25, -0.2) is 4.98 Å². The number of benzene rings is 1. The Morgan fingerprint density at radius 3 is 2.63 bits per heavy atom. The van der Waals surface area contributed by atoms with Gasteiger partial charge in [-0.1, -0.05) is 32.0 Å². The number of nitrogens with zero attached hydrogens (tertiary/aromatic N) is 3. The van der Waals surface area contributed by atoms with Crippen molar-refractivity contribution in [1.29, 1.82) is 0 Å². The van der Waals surface area contributed by atoms with E-state index in [-0.39, 0.29) is 23.2 Å². The van der Waals surface area contributed by atoms with Crippen LogP contribution in [-0.4, -0.2) is 47.3 Å². The molecule has 188 valence electrons. The van der Waals surface area contributed by atoms with Crippen LogP contribution in [-0.2, 0) is 11.5 Å². The number of rotatable bonds is 8. The molecule has 0 bridgehead atoms. The predicted octanol–water partition coefficient (Wildman–Crippen LogP) is 4.56. The predicted molar refractivity (Wildman–Crippen MR) is 137 cm³/mol. The second-order valence-corrected chi connectivity index (χ2v) is 15.1. The van der Waals surface area contributed by atoms with Crippen LogP contribution >= 0.6 is 15.9 Å². The Morgan fingerprint density at radius 1 is 1.29 bits per heavy atom. The lowest BCUT2D eigenvalue weighted by molar-refractivity contribution is 0.101. The monoisotopic (exact) mass is 564 g/mol. The van der Waals surface area contributed by atoms with E-state index < -0.39 is 31.2 Å². The Morgan fingerprint density at radius 2 is 2.00 bits per heavy atom. The number of aromatic nitrogens is 3.